The van der Waals surface area contributed by atoms with Gasteiger partial charge in [-0.05, 0) is 100 Å². The van der Waals surface area contributed by atoms with E-state index in [9.17, 15) is 9.59 Å². The van der Waals surface area contributed by atoms with Gasteiger partial charge in [-0.15, -0.1) is 0 Å². The van der Waals surface area contributed by atoms with Crippen molar-refractivity contribution in [3.8, 4) is 0 Å². The van der Waals surface area contributed by atoms with Crippen LogP contribution in [-0.2, 0) is 37.7 Å². The van der Waals surface area contributed by atoms with E-state index in [2.05, 4.69) is 35.4 Å². The Kier molecular flexibility index (Phi) is 16.6. The van der Waals surface area contributed by atoms with Crippen LogP contribution in [0.1, 0.15) is 112 Å². The van der Waals surface area contributed by atoms with Crippen molar-refractivity contribution in [1.29, 1.82) is 0 Å². The van der Waals surface area contributed by atoms with E-state index < -0.39 is 21.1 Å². The molecule has 0 aromatic carbocycles. The highest BCUT2D eigenvalue weighted by Gasteiger charge is 2.63. The molecule has 0 spiro atoms. The van der Waals surface area contributed by atoms with Gasteiger partial charge in [0.25, 0.3) is 0 Å². The first-order valence-electron chi connectivity index (χ1n) is 15.8. The minimum atomic E-state index is -1.54. The molecule has 2 aliphatic heterocycles. The van der Waals surface area contributed by atoms with Gasteiger partial charge in [-0.1, -0.05) is 27.3 Å². The number of methoxy groups -OCH3 is 2. The first kappa shape index (κ1) is 44.7. The Bertz CT molecular complexity index is 1310. The molecule has 0 saturated carbocycles. The quantitative estimate of drug-likeness (QED) is 0.281. The zero-order valence-electron chi connectivity index (χ0n) is 30.2. The van der Waals surface area contributed by atoms with E-state index in [-0.39, 0.29) is 60.0 Å². The molecule has 16 heteroatoms. The fourth-order valence-electron chi connectivity index (χ4n) is 4.49. The number of aromatic nitrogens is 2. The van der Waals surface area contributed by atoms with E-state index in [0.717, 1.165) is 15.6 Å². The summed E-state index contributed by atoms with van der Waals surface area (Å²) < 4.78 is 33.9. The molecular weight excluding hydrogens is 697 g/mol. The van der Waals surface area contributed by atoms with Crippen LogP contribution >= 0.6 is 15.9 Å². The number of halogens is 1. The summed E-state index contributed by atoms with van der Waals surface area (Å²) in [5.74, 6) is -0.439. The Morgan fingerprint density at radius 3 is 1.41 bits per heavy atom. The number of pyridine rings is 2. The number of esters is 2. The maximum absolute atomic E-state index is 11.1. The molecule has 49 heavy (non-hydrogen) atoms. The molecule has 2 atom stereocenters. The topological polar surface area (TPSA) is 156 Å². The molecule has 0 radical (unpaired) electrons. The summed E-state index contributed by atoms with van der Waals surface area (Å²) in [6.07, 6.45) is 7.07. The molecule has 2 aliphatic rings. The Morgan fingerprint density at radius 2 is 1.08 bits per heavy atom. The predicted octanol–water partition coefficient (Wildman–Crippen LogP) is 4.82. The maximum atomic E-state index is 11.1. The van der Waals surface area contributed by atoms with Crippen LogP contribution in [0.5, 0.6) is 0 Å². The molecule has 0 bridgehead atoms. The lowest BCUT2D eigenvalue weighted by atomic mass is 9.49. The summed E-state index contributed by atoms with van der Waals surface area (Å²) in [7, 11) is 0.236. The number of hydrogen-bond donors (Lipinski definition) is 2. The second-order valence-electron chi connectivity index (χ2n) is 14.0. The lowest BCUT2D eigenvalue weighted by Crippen LogP contribution is -2.41. The zero-order valence-corrected chi connectivity index (χ0v) is 31.8. The second-order valence-corrected chi connectivity index (χ2v) is 14.9. The Hall–Kier alpha value is -2.33. The van der Waals surface area contributed by atoms with Gasteiger partial charge in [0.2, 0.25) is 0 Å². The van der Waals surface area contributed by atoms with Gasteiger partial charge >= 0.3 is 33.1 Å². The molecule has 4 rings (SSSR count). The normalized spacial score (nSPS) is 19.2. The lowest BCUT2D eigenvalue weighted by Gasteiger charge is -2.32. The summed E-state index contributed by atoms with van der Waals surface area (Å²) in [4.78, 5) is 30.0. The van der Waals surface area contributed by atoms with Crippen LogP contribution < -0.4 is 5.46 Å². The van der Waals surface area contributed by atoms with Crippen LogP contribution in [-0.4, -0.2) is 89.7 Å². The highest BCUT2D eigenvalue weighted by molar-refractivity contribution is 9.10. The van der Waals surface area contributed by atoms with Crippen LogP contribution in [0.2, 0.25) is 0 Å². The average molecular weight is 751 g/mol. The van der Waals surface area contributed by atoms with Gasteiger partial charge in [0.1, 0.15) is 0 Å². The third kappa shape index (κ3) is 12.4. The van der Waals surface area contributed by atoms with Crippen molar-refractivity contribution in [2.75, 3.05) is 14.2 Å². The second kappa shape index (κ2) is 18.3. The number of rotatable bonds is 8. The van der Waals surface area contributed by atoms with E-state index in [1.165, 1.54) is 20.4 Å². The van der Waals surface area contributed by atoms with E-state index in [1.807, 2.05) is 75.3 Å². The minimum absolute atomic E-state index is 0. The number of carbonyl (C=O) groups excluding carboxylic acids is 2. The van der Waals surface area contributed by atoms with Crippen LogP contribution in [0.15, 0.2) is 41.4 Å². The van der Waals surface area contributed by atoms with E-state index >= 15 is 0 Å². The predicted molar refractivity (Wildman–Crippen MR) is 195 cm³/mol. The smallest absolute Gasteiger partial charge is 0.469 e. The molecule has 4 heterocycles. The van der Waals surface area contributed by atoms with Gasteiger partial charge in [-0.25, -0.2) is 0 Å². The van der Waals surface area contributed by atoms with E-state index in [0.29, 0.717) is 11.9 Å². The molecule has 0 amide bonds. The third-order valence-electron chi connectivity index (χ3n) is 9.11. The van der Waals surface area contributed by atoms with Gasteiger partial charge in [0, 0.05) is 34.7 Å². The van der Waals surface area contributed by atoms with E-state index in [4.69, 9.17) is 28.7 Å². The van der Waals surface area contributed by atoms with Crippen molar-refractivity contribution >= 4 is 54.5 Å². The Morgan fingerprint density at radius 1 is 0.735 bits per heavy atom. The van der Waals surface area contributed by atoms with Gasteiger partial charge in [0.15, 0.2) is 0 Å². The number of nitrogens with zero attached hydrogens (tertiary/aromatic N) is 2. The van der Waals surface area contributed by atoms with Crippen LogP contribution in [0.3, 0.4) is 0 Å². The van der Waals surface area contributed by atoms with Crippen LogP contribution in [0.4, 0.5) is 0 Å². The molecule has 2 N–H and O–H groups in total. The third-order valence-corrected chi connectivity index (χ3v) is 9.54. The van der Waals surface area contributed by atoms with Gasteiger partial charge in [-0.2, -0.15) is 0 Å². The van der Waals surface area contributed by atoms with Gasteiger partial charge in [0.05, 0.1) is 49.5 Å². The highest BCUT2D eigenvalue weighted by atomic mass is 79.9. The Balaban J connectivity index is 0.000000367. The zero-order chi connectivity index (χ0) is 36.7. The van der Waals surface area contributed by atoms with Crippen LogP contribution in [0, 0.1) is 0 Å². The molecular formula is C33H54B3BrN2O10. The molecule has 12 nitrogen and oxygen atoms in total. The van der Waals surface area contributed by atoms with E-state index in [1.54, 1.807) is 24.7 Å². The maximum Gasteiger partial charge on any atom is 0.490 e. The fraction of sp³-hybridized carbons (Fsp3) is 0.636. The highest BCUT2D eigenvalue weighted by Crippen LogP contribution is 2.43. The standard InChI is InChI=1S/C12H24B2O4.C10H14BNO4.C10H12BrNO2.CH4/c1-9(2)10(3,4)16-13(15-9)14-17-11(5,6)12(7,8)18-14;1-7(3-10(13)16-2)8-4-9(11(14)15)6-12-5-8;1-7(3-10(13)14-2)8-4-9(11)6-12-5-8;/h1-8H3;4-7,14-15H,3H2,1-2H3;4-7H,3H2,1-2H3;1H4/t;2*7-;/m.00./s1. The minimum Gasteiger partial charge on any atom is -0.469 e. The fourth-order valence-corrected chi connectivity index (χ4v) is 4.87. The summed E-state index contributed by atoms with van der Waals surface area (Å²) in [5, 5.41) is 18.0. The molecule has 2 saturated heterocycles. The molecule has 2 aromatic rings. The van der Waals surface area contributed by atoms with Crippen LogP contribution in [0.25, 0.3) is 0 Å². The van der Waals surface area contributed by atoms with Crippen molar-refractivity contribution < 1.29 is 47.7 Å². The van der Waals surface area contributed by atoms with Gasteiger partial charge < -0.3 is 38.1 Å². The van der Waals surface area contributed by atoms with Crippen molar-refractivity contribution in [2.45, 2.75) is 124 Å². The van der Waals surface area contributed by atoms with Crippen molar-refractivity contribution in [1.82, 2.24) is 9.97 Å². The first-order valence-corrected chi connectivity index (χ1v) is 16.6. The summed E-state index contributed by atoms with van der Waals surface area (Å²) in [6.45, 7) is 20.0. The number of carbonyl (C=O) groups is 2. The largest absolute Gasteiger partial charge is 0.490 e. The first-order chi connectivity index (χ1) is 22.1. The average Bonchev–Trinajstić information content (AvgIpc) is 3.36. The number of hydrogen-bond acceptors (Lipinski definition) is 12. The lowest BCUT2D eigenvalue weighted by molar-refractivity contribution is -0.141. The number of ether oxygens (including phenoxy) is 2. The molecule has 2 fully saturated rings. The monoisotopic (exact) mass is 750 g/mol. The Labute approximate surface area is 301 Å². The molecule has 0 unspecified atom stereocenters. The molecule has 0 aliphatic carbocycles. The summed E-state index contributed by atoms with van der Waals surface area (Å²) in [6, 6.07) is 3.58. The van der Waals surface area contributed by atoms with Crippen molar-refractivity contribution in [3.63, 3.8) is 0 Å². The summed E-state index contributed by atoms with van der Waals surface area (Å²) >= 11 is 3.34. The van der Waals surface area contributed by atoms with Crippen molar-refractivity contribution in [3.05, 3.63) is 52.5 Å². The van der Waals surface area contributed by atoms with Crippen molar-refractivity contribution in [2.24, 2.45) is 0 Å². The molecule has 2 aromatic heterocycles. The van der Waals surface area contributed by atoms with Gasteiger partial charge in [-0.3, -0.25) is 19.6 Å². The summed E-state index contributed by atoms with van der Waals surface area (Å²) in [5.41, 5.74) is 0.681. The molecule has 272 valence electrons. The SMILES string of the molecule is C.CC1(C)OB(B2OC(C)(C)C(C)(C)O2)OC1(C)C.COC(=O)C[C@H](C)c1cncc(B(O)O)c1.COC(=O)C[C@H](C)c1cncc(Br)c1.